The SMILES string of the molecule is CCCCOC(=O)CCCC1(c2ccccc2)C2CC=C3CC4CC5CC6=C7C5C5C4C4C3C1C1C3C2CC2CC8CC(C6)C6C7C7C5C4C1C1C3C2C8C6C71. The van der Waals surface area contributed by atoms with Crippen LogP contribution in [0.15, 0.2) is 53.1 Å². The molecule has 1 aromatic rings. The van der Waals surface area contributed by atoms with Crippen LogP contribution in [0.4, 0.5) is 0 Å². The first kappa shape index (κ1) is 31.1. The second-order valence-corrected chi connectivity index (χ2v) is 24.9. The standard InChI is InChI=1S/C54H64O2/c1-2-3-14-56-32(55)10-7-13-54(29-8-5-4-6-9-29)31-12-11-22-15-23-16-24-17-25-18-27-19-26-20-28-21-30(31)40-45-36(28)35(26)42-37(27)41-33(25)34(24)43-38(23)44-39(22)53(54)52(40)51-49(44)47(43)46(41)48(42)50(45)51/h4-6,8-9,11,23-24,26-28,30-31,34-53H,2-3,7,10,12-21H2,1H3. The molecule has 0 aromatic heterocycles. The van der Waals surface area contributed by atoms with Crippen LogP contribution in [0, 0.1) is 160 Å². The van der Waals surface area contributed by atoms with E-state index in [-0.39, 0.29) is 11.4 Å². The van der Waals surface area contributed by atoms with Gasteiger partial charge in [-0.2, -0.15) is 0 Å². The van der Waals surface area contributed by atoms with Crippen molar-refractivity contribution in [3.8, 4) is 0 Å². The van der Waals surface area contributed by atoms with Gasteiger partial charge in [-0.05, 0) is 236 Å². The molecule has 13 fully saturated rings. The fourth-order valence-corrected chi connectivity index (χ4v) is 25.9. The molecule has 0 radical (unpaired) electrons. The summed E-state index contributed by atoms with van der Waals surface area (Å²) in [6.45, 7) is 2.82. The molecule has 292 valence electrons. The molecule has 0 heterocycles. The first-order valence-electron chi connectivity index (χ1n) is 25.3. The minimum atomic E-state index is 0.0839. The van der Waals surface area contributed by atoms with Crippen LogP contribution in [-0.4, -0.2) is 12.6 Å². The van der Waals surface area contributed by atoms with Crippen LogP contribution in [0.3, 0.4) is 0 Å². The Bertz CT molecular complexity index is 2060. The van der Waals surface area contributed by atoms with E-state index in [1.807, 2.05) is 5.57 Å². The van der Waals surface area contributed by atoms with Crippen LogP contribution >= 0.6 is 0 Å². The van der Waals surface area contributed by atoms with Crippen LogP contribution in [0.25, 0.3) is 0 Å². The Hall–Kier alpha value is -1.83. The number of carbonyl (C=O) groups excluding carboxylic acids is 1. The summed E-state index contributed by atoms with van der Waals surface area (Å²) in [6, 6.07) is 12.5. The topological polar surface area (TPSA) is 26.3 Å². The number of carbonyl (C=O) groups is 1. The summed E-state index contributed by atoms with van der Waals surface area (Å²) in [6.07, 6.45) is 20.4. The normalized spacial score (nSPS) is 64.0. The predicted octanol–water partition coefficient (Wildman–Crippen LogP) is 10.6. The number of rotatable bonds is 8. The molecule has 1 aromatic carbocycles. The third kappa shape index (κ3) is 3.01. The predicted molar refractivity (Wildman–Crippen MR) is 214 cm³/mol. The molecule has 0 N–H and O–H groups in total. The summed E-state index contributed by atoms with van der Waals surface area (Å²) in [5.74, 6) is 27.7. The van der Waals surface area contributed by atoms with Gasteiger partial charge in [0.15, 0.2) is 0 Å². The lowest BCUT2D eigenvalue weighted by Crippen LogP contribution is -2.65. The van der Waals surface area contributed by atoms with E-state index in [1.165, 1.54) is 19.3 Å². The first-order chi connectivity index (χ1) is 27.7. The van der Waals surface area contributed by atoms with Crippen molar-refractivity contribution >= 4 is 5.97 Å². The third-order valence-corrected chi connectivity index (χ3v) is 25.0. The van der Waals surface area contributed by atoms with Crippen LogP contribution in [0.2, 0.25) is 0 Å². The summed E-state index contributed by atoms with van der Waals surface area (Å²) >= 11 is 0. The van der Waals surface area contributed by atoms with Gasteiger partial charge in [0, 0.05) is 11.8 Å². The Morgan fingerprint density at radius 2 is 1.30 bits per heavy atom. The van der Waals surface area contributed by atoms with Gasteiger partial charge in [0.2, 0.25) is 0 Å². The van der Waals surface area contributed by atoms with Crippen molar-refractivity contribution in [2.45, 2.75) is 95.8 Å². The molecule has 28 unspecified atom stereocenters. The van der Waals surface area contributed by atoms with E-state index >= 15 is 0 Å². The Labute approximate surface area is 335 Å². The lowest BCUT2D eigenvalue weighted by molar-refractivity contribution is -0.161. The smallest absolute Gasteiger partial charge is 0.305 e. The second-order valence-electron chi connectivity index (χ2n) is 24.9. The Kier molecular flexibility index (Phi) is 5.47. The molecule has 28 atom stereocenters. The van der Waals surface area contributed by atoms with E-state index in [9.17, 15) is 4.79 Å². The number of ether oxygens (including phenoxy) is 1. The van der Waals surface area contributed by atoms with Crippen LogP contribution < -0.4 is 0 Å². The Morgan fingerprint density at radius 1 is 0.643 bits per heavy atom. The summed E-state index contributed by atoms with van der Waals surface area (Å²) in [4.78, 5) is 13.4. The number of esters is 1. The van der Waals surface area contributed by atoms with Crippen molar-refractivity contribution in [2.24, 2.45) is 160 Å². The molecule has 16 aliphatic rings. The number of hydrogen-bond acceptors (Lipinski definition) is 2. The van der Waals surface area contributed by atoms with Gasteiger partial charge in [-0.25, -0.2) is 0 Å². The maximum Gasteiger partial charge on any atom is 0.305 e. The average Bonchev–Trinajstić information content (AvgIpc) is 4.00. The largest absolute Gasteiger partial charge is 0.466 e. The van der Waals surface area contributed by atoms with Crippen LogP contribution in [-0.2, 0) is 14.9 Å². The van der Waals surface area contributed by atoms with E-state index in [0.29, 0.717) is 13.0 Å². The van der Waals surface area contributed by atoms with Gasteiger partial charge in [0.25, 0.3) is 0 Å². The van der Waals surface area contributed by atoms with Crippen molar-refractivity contribution in [3.63, 3.8) is 0 Å². The summed E-state index contributed by atoms with van der Waals surface area (Å²) in [5.41, 5.74) is 8.34. The van der Waals surface area contributed by atoms with Crippen LogP contribution in [0.5, 0.6) is 0 Å². The maximum atomic E-state index is 13.4. The highest BCUT2D eigenvalue weighted by Gasteiger charge is 2.88. The molecule has 0 aliphatic heterocycles. The van der Waals surface area contributed by atoms with Crippen molar-refractivity contribution in [1.29, 1.82) is 0 Å². The monoisotopic (exact) mass is 744 g/mol. The van der Waals surface area contributed by atoms with Crippen molar-refractivity contribution in [1.82, 2.24) is 0 Å². The maximum absolute atomic E-state index is 13.4. The van der Waals surface area contributed by atoms with Gasteiger partial charge in [0.1, 0.15) is 0 Å². The van der Waals surface area contributed by atoms with E-state index in [0.717, 1.165) is 179 Å². The zero-order chi connectivity index (χ0) is 35.8. The zero-order valence-electron chi connectivity index (χ0n) is 33.8. The van der Waals surface area contributed by atoms with Gasteiger partial charge >= 0.3 is 5.97 Å². The van der Waals surface area contributed by atoms with E-state index in [1.54, 1.807) is 44.1 Å². The van der Waals surface area contributed by atoms with E-state index < -0.39 is 0 Å². The minimum Gasteiger partial charge on any atom is -0.466 e. The van der Waals surface area contributed by atoms with E-state index in [2.05, 4.69) is 54.5 Å². The van der Waals surface area contributed by atoms with Gasteiger partial charge < -0.3 is 4.74 Å². The molecule has 2 heteroatoms. The molecule has 56 heavy (non-hydrogen) atoms. The summed E-state index contributed by atoms with van der Waals surface area (Å²) < 4.78 is 5.89. The summed E-state index contributed by atoms with van der Waals surface area (Å²) in [5, 5.41) is 0. The number of unbranched alkanes of at least 4 members (excludes halogenated alkanes) is 1. The third-order valence-electron chi connectivity index (χ3n) is 25.0. The van der Waals surface area contributed by atoms with Crippen molar-refractivity contribution in [3.05, 3.63) is 58.7 Å². The van der Waals surface area contributed by atoms with E-state index in [4.69, 9.17) is 4.74 Å². The molecule has 13 saturated carbocycles. The highest BCUT2D eigenvalue weighted by molar-refractivity contribution is 5.69. The minimum absolute atomic E-state index is 0.0839. The fourth-order valence-electron chi connectivity index (χ4n) is 25.9. The molecular formula is C54H64O2. The first-order valence-corrected chi connectivity index (χ1v) is 25.3. The van der Waals surface area contributed by atoms with Gasteiger partial charge in [-0.1, -0.05) is 66.5 Å². The lowest BCUT2D eigenvalue weighted by Gasteiger charge is -2.67. The molecule has 0 amide bonds. The van der Waals surface area contributed by atoms with Crippen molar-refractivity contribution < 1.29 is 9.53 Å². The Balaban J connectivity index is 0.929. The number of hydrogen-bond donors (Lipinski definition) is 0. The fraction of sp³-hybridized carbons (Fsp3) is 0.796. The molecule has 16 aliphatic carbocycles. The molecule has 0 saturated heterocycles. The molecular weight excluding hydrogens is 681 g/mol. The molecule has 2 nitrogen and oxygen atoms in total. The number of benzene rings is 1. The molecule has 0 spiro atoms. The molecule has 2 bridgehead atoms. The van der Waals surface area contributed by atoms with Crippen molar-refractivity contribution in [2.75, 3.05) is 6.61 Å². The highest BCUT2D eigenvalue weighted by atomic mass is 16.5. The molecule has 17 rings (SSSR count). The van der Waals surface area contributed by atoms with Gasteiger partial charge in [-0.15, -0.1) is 0 Å². The zero-order valence-corrected chi connectivity index (χ0v) is 33.8. The summed E-state index contributed by atoms with van der Waals surface area (Å²) in [7, 11) is 0. The van der Waals surface area contributed by atoms with Gasteiger partial charge in [-0.3, -0.25) is 4.79 Å². The average molecular weight is 745 g/mol. The highest BCUT2D eigenvalue weighted by Crippen LogP contribution is 2.92. The quantitative estimate of drug-likeness (QED) is 0.151. The number of allylic oxidation sites excluding steroid dienone is 4. The van der Waals surface area contributed by atoms with Crippen LogP contribution in [0.1, 0.15) is 96.0 Å². The van der Waals surface area contributed by atoms with Gasteiger partial charge in [0.05, 0.1) is 6.61 Å². The Morgan fingerprint density at radius 3 is 2.18 bits per heavy atom. The number of fused-ring (bicyclic) bond motifs is 2. The second kappa shape index (κ2) is 9.86. The lowest BCUT2D eigenvalue weighted by atomic mass is 9.36.